The van der Waals surface area contributed by atoms with E-state index < -0.39 is 5.97 Å². The molecule has 13 heavy (non-hydrogen) atoms. The minimum Gasteiger partial charge on any atom is -0.481 e. The molecule has 0 aliphatic carbocycles. The van der Waals surface area contributed by atoms with Gasteiger partial charge in [0.15, 0.2) is 0 Å². The van der Waals surface area contributed by atoms with Crippen molar-refractivity contribution in [3.8, 4) is 0 Å². The van der Waals surface area contributed by atoms with E-state index in [1.165, 1.54) is 0 Å². The molecule has 0 bridgehead atoms. The summed E-state index contributed by atoms with van der Waals surface area (Å²) in [7, 11) is 0. The quantitative estimate of drug-likeness (QED) is 0.574. The second-order valence-corrected chi connectivity index (χ2v) is 3.44. The monoisotopic (exact) mass is 188 g/mol. The van der Waals surface area contributed by atoms with Gasteiger partial charge in [0.2, 0.25) is 0 Å². The third kappa shape index (κ3) is 9.34. The molecular formula is C10H20O3. The van der Waals surface area contributed by atoms with Crippen molar-refractivity contribution in [2.75, 3.05) is 0 Å². The molecule has 1 atom stereocenters. The van der Waals surface area contributed by atoms with Crippen molar-refractivity contribution >= 4 is 5.97 Å². The van der Waals surface area contributed by atoms with Crippen LogP contribution < -0.4 is 0 Å². The summed E-state index contributed by atoms with van der Waals surface area (Å²) >= 11 is 0. The molecule has 3 nitrogen and oxygen atoms in total. The van der Waals surface area contributed by atoms with Crippen LogP contribution in [0.15, 0.2) is 0 Å². The largest absolute Gasteiger partial charge is 0.481 e. The molecule has 0 radical (unpaired) electrons. The van der Waals surface area contributed by atoms with Crippen LogP contribution in [-0.4, -0.2) is 22.3 Å². The van der Waals surface area contributed by atoms with Gasteiger partial charge in [0.05, 0.1) is 6.10 Å². The number of rotatable bonds is 8. The van der Waals surface area contributed by atoms with Crippen LogP contribution in [0.2, 0.25) is 0 Å². The highest BCUT2D eigenvalue weighted by Gasteiger charge is 2.03. The molecule has 0 amide bonds. The lowest BCUT2D eigenvalue weighted by molar-refractivity contribution is -0.137. The van der Waals surface area contributed by atoms with Gasteiger partial charge >= 0.3 is 5.97 Å². The molecule has 1 unspecified atom stereocenters. The van der Waals surface area contributed by atoms with Crippen LogP contribution in [-0.2, 0) is 4.79 Å². The Balaban J connectivity index is 3.16. The third-order valence-corrected chi connectivity index (χ3v) is 2.07. The summed E-state index contributed by atoms with van der Waals surface area (Å²) in [5.41, 5.74) is 0. The molecule has 78 valence electrons. The number of aliphatic hydroxyl groups is 1. The molecule has 0 aliphatic heterocycles. The molecule has 0 aromatic rings. The Kier molecular flexibility index (Phi) is 7.69. The summed E-state index contributed by atoms with van der Waals surface area (Å²) in [5.74, 6) is -0.747. The van der Waals surface area contributed by atoms with E-state index in [1.807, 2.05) is 0 Å². The van der Waals surface area contributed by atoms with Gasteiger partial charge in [0, 0.05) is 6.42 Å². The standard InChI is InChI=1S/C10H20O3/c1-2-3-6-9(11)7-4-5-8-10(12)13/h9,11H,2-8H2,1H3,(H,12,13). The lowest BCUT2D eigenvalue weighted by Crippen LogP contribution is -2.06. The summed E-state index contributed by atoms with van der Waals surface area (Å²) in [4.78, 5) is 10.2. The predicted octanol–water partition coefficient (Wildman–Crippen LogP) is 2.18. The highest BCUT2D eigenvalue weighted by atomic mass is 16.4. The number of hydrogen-bond donors (Lipinski definition) is 2. The zero-order chi connectivity index (χ0) is 10.1. The summed E-state index contributed by atoms with van der Waals surface area (Å²) in [5, 5.41) is 17.8. The molecule has 0 aliphatic rings. The van der Waals surface area contributed by atoms with Crippen molar-refractivity contribution in [2.24, 2.45) is 0 Å². The highest BCUT2D eigenvalue weighted by Crippen LogP contribution is 2.09. The van der Waals surface area contributed by atoms with Crippen molar-refractivity contribution in [1.29, 1.82) is 0 Å². The van der Waals surface area contributed by atoms with Crippen LogP contribution >= 0.6 is 0 Å². The SMILES string of the molecule is CCCCC(O)CCCCC(=O)O. The van der Waals surface area contributed by atoms with Gasteiger partial charge < -0.3 is 10.2 Å². The maximum atomic E-state index is 10.2. The molecule has 0 aromatic heterocycles. The average molecular weight is 188 g/mol. The van der Waals surface area contributed by atoms with Gasteiger partial charge in [-0.2, -0.15) is 0 Å². The summed E-state index contributed by atoms with van der Waals surface area (Å²) < 4.78 is 0. The van der Waals surface area contributed by atoms with Crippen LogP contribution in [0, 0.1) is 0 Å². The van der Waals surface area contributed by atoms with Crippen LogP contribution in [0.3, 0.4) is 0 Å². The lowest BCUT2D eigenvalue weighted by atomic mass is 10.1. The second-order valence-electron chi connectivity index (χ2n) is 3.44. The van der Waals surface area contributed by atoms with Gasteiger partial charge in [-0.15, -0.1) is 0 Å². The summed E-state index contributed by atoms with van der Waals surface area (Å²) in [6.07, 6.45) is 5.24. The van der Waals surface area contributed by atoms with Gasteiger partial charge in [-0.05, 0) is 19.3 Å². The van der Waals surface area contributed by atoms with E-state index in [0.29, 0.717) is 6.42 Å². The van der Waals surface area contributed by atoms with Crippen LogP contribution in [0.25, 0.3) is 0 Å². The fraction of sp³-hybridized carbons (Fsp3) is 0.900. The Morgan fingerprint density at radius 3 is 2.38 bits per heavy atom. The Hall–Kier alpha value is -0.570. The molecule has 2 N–H and O–H groups in total. The van der Waals surface area contributed by atoms with Gasteiger partial charge in [0.1, 0.15) is 0 Å². The Bertz CT molecular complexity index is 134. The number of carboxylic acids is 1. The average Bonchev–Trinajstić information content (AvgIpc) is 2.08. The molecule has 0 aromatic carbocycles. The van der Waals surface area contributed by atoms with Crippen LogP contribution in [0.1, 0.15) is 51.9 Å². The van der Waals surface area contributed by atoms with E-state index in [-0.39, 0.29) is 12.5 Å². The van der Waals surface area contributed by atoms with Crippen molar-refractivity contribution in [1.82, 2.24) is 0 Å². The molecule has 0 saturated carbocycles. The number of unbranched alkanes of at least 4 members (excludes halogenated alkanes) is 2. The minimum absolute atomic E-state index is 0.223. The summed E-state index contributed by atoms with van der Waals surface area (Å²) in [6.45, 7) is 2.09. The Labute approximate surface area is 79.8 Å². The van der Waals surface area contributed by atoms with Crippen LogP contribution in [0.5, 0.6) is 0 Å². The van der Waals surface area contributed by atoms with Crippen molar-refractivity contribution in [2.45, 2.75) is 58.0 Å². The van der Waals surface area contributed by atoms with E-state index in [2.05, 4.69) is 6.92 Å². The van der Waals surface area contributed by atoms with E-state index in [0.717, 1.165) is 32.1 Å². The van der Waals surface area contributed by atoms with E-state index in [9.17, 15) is 9.90 Å². The summed E-state index contributed by atoms with van der Waals surface area (Å²) in [6, 6.07) is 0. The minimum atomic E-state index is -0.747. The highest BCUT2D eigenvalue weighted by molar-refractivity contribution is 5.66. The molecule has 0 heterocycles. The van der Waals surface area contributed by atoms with E-state index in [1.54, 1.807) is 0 Å². The van der Waals surface area contributed by atoms with E-state index >= 15 is 0 Å². The van der Waals surface area contributed by atoms with Gasteiger partial charge in [-0.25, -0.2) is 0 Å². The second kappa shape index (κ2) is 8.05. The van der Waals surface area contributed by atoms with Gasteiger partial charge in [0.25, 0.3) is 0 Å². The fourth-order valence-corrected chi connectivity index (χ4v) is 1.24. The normalized spacial score (nSPS) is 12.8. The predicted molar refractivity (Wildman–Crippen MR) is 51.6 cm³/mol. The molecule has 0 saturated heterocycles. The number of carboxylic acid groups (broad SMARTS) is 1. The maximum Gasteiger partial charge on any atom is 0.303 e. The first kappa shape index (κ1) is 12.4. The lowest BCUT2D eigenvalue weighted by Gasteiger charge is -2.08. The molecule has 0 rings (SSSR count). The zero-order valence-electron chi connectivity index (χ0n) is 8.33. The number of aliphatic carboxylic acids is 1. The van der Waals surface area contributed by atoms with E-state index in [4.69, 9.17) is 5.11 Å². The maximum absolute atomic E-state index is 10.2. The molecular weight excluding hydrogens is 168 g/mol. The van der Waals surface area contributed by atoms with Gasteiger partial charge in [-0.1, -0.05) is 26.2 Å². The number of carbonyl (C=O) groups is 1. The van der Waals surface area contributed by atoms with Crippen molar-refractivity contribution < 1.29 is 15.0 Å². The topological polar surface area (TPSA) is 57.5 Å². The molecule has 0 fully saturated rings. The molecule has 0 spiro atoms. The third-order valence-electron chi connectivity index (χ3n) is 2.07. The number of aliphatic hydroxyl groups excluding tert-OH is 1. The Morgan fingerprint density at radius 1 is 1.23 bits per heavy atom. The molecule has 3 heteroatoms. The number of hydrogen-bond acceptors (Lipinski definition) is 2. The van der Waals surface area contributed by atoms with Gasteiger partial charge in [-0.3, -0.25) is 4.79 Å². The first-order valence-electron chi connectivity index (χ1n) is 5.06. The first-order chi connectivity index (χ1) is 6.16. The van der Waals surface area contributed by atoms with Crippen molar-refractivity contribution in [3.05, 3.63) is 0 Å². The fourth-order valence-electron chi connectivity index (χ4n) is 1.24. The zero-order valence-corrected chi connectivity index (χ0v) is 8.33. The van der Waals surface area contributed by atoms with Crippen molar-refractivity contribution in [3.63, 3.8) is 0 Å². The first-order valence-corrected chi connectivity index (χ1v) is 5.06. The van der Waals surface area contributed by atoms with Crippen LogP contribution in [0.4, 0.5) is 0 Å². The Morgan fingerprint density at radius 2 is 1.85 bits per heavy atom. The smallest absolute Gasteiger partial charge is 0.303 e.